The standard InChI is InChI=1S/C22H20N2O/c25-22(14-13-18-8-7-15-23-16-18)24-17-21(19-9-3-1-4-10-19)20-11-5-2-6-12-20/h1-16,21H,17H2,(H,24,25). The first-order valence-corrected chi connectivity index (χ1v) is 8.29. The van der Waals surface area contributed by atoms with Gasteiger partial charge in [-0.15, -0.1) is 0 Å². The molecule has 0 radical (unpaired) electrons. The Morgan fingerprint density at radius 1 is 0.920 bits per heavy atom. The molecule has 1 amide bonds. The summed E-state index contributed by atoms with van der Waals surface area (Å²) < 4.78 is 0. The van der Waals surface area contributed by atoms with E-state index in [1.54, 1.807) is 24.5 Å². The first-order chi connectivity index (χ1) is 12.3. The van der Waals surface area contributed by atoms with Crippen LogP contribution in [0.15, 0.2) is 91.3 Å². The lowest BCUT2D eigenvalue weighted by molar-refractivity contribution is -0.116. The molecule has 3 rings (SSSR count). The lowest BCUT2D eigenvalue weighted by Gasteiger charge is -2.18. The van der Waals surface area contributed by atoms with Crippen molar-refractivity contribution in [1.29, 1.82) is 0 Å². The summed E-state index contributed by atoms with van der Waals surface area (Å²) in [6.07, 6.45) is 6.74. The van der Waals surface area contributed by atoms with Gasteiger partial charge in [-0.2, -0.15) is 0 Å². The second-order valence-corrected chi connectivity index (χ2v) is 5.74. The number of benzene rings is 2. The van der Waals surface area contributed by atoms with Crippen LogP contribution < -0.4 is 5.32 Å². The number of rotatable bonds is 6. The fourth-order valence-electron chi connectivity index (χ4n) is 2.71. The predicted molar refractivity (Wildman–Crippen MR) is 101 cm³/mol. The Hall–Kier alpha value is -3.20. The topological polar surface area (TPSA) is 42.0 Å². The maximum Gasteiger partial charge on any atom is 0.244 e. The van der Waals surface area contributed by atoms with Crippen LogP contribution in [-0.4, -0.2) is 17.4 Å². The van der Waals surface area contributed by atoms with E-state index in [1.165, 1.54) is 11.1 Å². The molecule has 25 heavy (non-hydrogen) atoms. The Labute approximate surface area is 148 Å². The molecule has 3 heteroatoms. The highest BCUT2D eigenvalue weighted by Gasteiger charge is 2.14. The normalized spacial score (nSPS) is 10.9. The van der Waals surface area contributed by atoms with Gasteiger partial charge >= 0.3 is 0 Å². The van der Waals surface area contributed by atoms with Gasteiger partial charge in [0.1, 0.15) is 0 Å². The highest BCUT2D eigenvalue weighted by atomic mass is 16.1. The van der Waals surface area contributed by atoms with Crippen LogP contribution in [0.1, 0.15) is 22.6 Å². The van der Waals surface area contributed by atoms with Gasteiger partial charge in [-0.3, -0.25) is 9.78 Å². The zero-order valence-electron chi connectivity index (χ0n) is 13.9. The van der Waals surface area contributed by atoms with Crippen LogP contribution in [0, 0.1) is 0 Å². The average molecular weight is 328 g/mol. The Bertz CT molecular complexity index is 775. The third kappa shape index (κ3) is 4.88. The van der Waals surface area contributed by atoms with Crippen LogP contribution in [-0.2, 0) is 4.79 Å². The van der Waals surface area contributed by atoms with E-state index in [-0.39, 0.29) is 11.8 Å². The summed E-state index contributed by atoms with van der Waals surface area (Å²) in [5.74, 6) is 0.0128. The minimum atomic E-state index is -0.110. The Balaban J connectivity index is 1.69. The predicted octanol–water partition coefficient (Wildman–Crippen LogP) is 4.04. The largest absolute Gasteiger partial charge is 0.352 e. The second-order valence-electron chi connectivity index (χ2n) is 5.74. The van der Waals surface area contributed by atoms with Gasteiger partial charge in [0.15, 0.2) is 0 Å². The van der Waals surface area contributed by atoms with Gasteiger partial charge < -0.3 is 5.32 Å². The summed E-state index contributed by atoms with van der Waals surface area (Å²) in [5.41, 5.74) is 3.27. The van der Waals surface area contributed by atoms with Crippen molar-refractivity contribution in [2.45, 2.75) is 5.92 Å². The number of aromatic nitrogens is 1. The minimum Gasteiger partial charge on any atom is -0.352 e. The molecule has 0 bridgehead atoms. The zero-order chi connectivity index (χ0) is 17.3. The first-order valence-electron chi connectivity index (χ1n) is 8.29. The number of carbonyl (C=O) groups excluding carboxylic acids is 1. The molecule has 0 aliphatic rings. The van der Waals surface area contributed by atoms with E-state index >= 15 is 0 Å². The van der Waals surface area contributed by atoms with Gasteiger partial charge in [-0.25, -0.2) is 0 Å². The lowest BCUT2D eigenvalue weighted by atomic mass is 9.91. The number of hydrogen-bond donors (Lipinski definition) is 1. The van der Waals surface area contributed by atoms with Crippen LogP contribution in [0.4, 0.5) is 0 Å². The molecule has 1 heterocycles. The first kappa shape index (κ1) is 16.7. The maximum absolute atomic E-state index is 12.2. The molecule has 0 aliphatic carbocycles. The smallest absolute Gasteiger partial charge is 0.244 e. The van der Waals surface area contributed by atoms with Crippen LogP contribution >= 0.6 is 0 Å². The Kier molecular flexibility index (Phi) is 5.73. The van der Waals surface area contributed by atoms with Crippen molar-refractivity contribution in [1.82, 2.24) is 10.3 Å². The summed E-state index contributed by atoms with van der Waals surface area (Å²) in [5, 5.41) is 3.00. The molecular weight excluding hydrogens is 308 g/mol. The van der Waals surface area contributed by atoms with Gasteiger partial charge in [0.2, 0.25) is 5.91 Å². The summed E-state index contributed by atoms with van der Waals surface area (Å²) in [6.45, 7) is 0.546. The minimum absolute atomic E-state index is 0.110. The third-order valence-corrected chi connectivity index (χ3v) is 4.00. The SMILES string of the molecule is O=C(C=Cc1cccnc1)NCC(c1ccccc1)c1ccccc1. The molecule has 3 nitrogen and oxygen atoms in total. The van der Waals surface area contributed by atoms with Gasteiger partial charge in [-0.05, 0) is 28.8 Å². The maximum atomic E-state index is 12.2. The molecule has 0 fully saturated rings. The summed E-state index contributed by atoms with van der Waals surface area (Å²) >= 11 is 0. The number of pyridine rings is 1. The summed E-state index contributed by atoms with van der Waals surface area (Å²) in [4.78, 5) is 16.2. The van der Waals surface area contributed by atoms with E-state index in [0.717, 1.165) is 5.56 Å². The molecule has 1 aromatic heterocycles. The lowest BCUT2D eigenvalue weighted by Crippen LogP contribution is -2.27. The number of hydrogen-bond acceptors (Lipinski definition) is 2. The molecule has 3 aromatic rings. The van der Waals surface area contributed by atoms with Gasteiger partial charge in [-0.1, -0.05) is 66.7 Å². The van der Waals surface area contributed by atoms with Crippen LogP contribution in [0.2, 0.25) is 0 Å². The van der Waals surface area contributed by atoms with Crippen molar-refractivity contribution < 1.29 is 4.79 Å². The molecule has 0 saturated heterocycles. The van der Waals surface area contributed by atoms with E-state index in [4.69, 9.17) is 0 Å². The van der Waals surface area contributed by atoms with E-state index in [0.29, 0.717) is 6.54 Å². The summed E-state index contributed by atoms with van der Waals surface area (Å²) in [6, 6.07) is 24.2. The number of nitrogens with zero attached hydrogens (tertiary/aromatic N) is 1. The van der Waals surface area contributed by atoms with E-state index in [2.05, 4.69) is 34.6 Å². The zero-order valence-corrected chi connectivity index (χ0v) is 13.9. The highest BCUT2D eigenvalue weighted by Crippen LogP contribution is 2.23. The van der Waals surface area contributed by atoms with Gasteiger partial charge in [0.25, 0.3) is 0 Å². The van der Waals surface area contributed by atoms with Crippen LogP contribution in [0.5, 0.6) is 0 Å². The van der Waals surface area contributed by atoms with Crippen molar-refractivity contribution in [2.75, 3.05) is 6.54 Å². The number of amides is 1. The monoisotopic (exact) mass is 328 g/mol. The number of nitrogens with one attached hydrogen (secondary N) is 1. The van der Waals surface area contributed by atoms with E-state index in [9.17, 15) is 4.79 Å². The summed E-state index contributed by atoms with van der Waals surface area (Å²) in [7, 11) is 0. The second kappa shape index (κ2) is 8.60. The molecule has 0 atom stereocenters. The molecule has 0 saturated carbocycles. The van der Waals surface area contributed by atoms with Crippen molar-refractivity contribution >= 4 is 12.0 Å². The third-order valence-electron chi connectivity index (χ3n) is 4.00. The fraction of sp³-hybridized carbons (Fsp3) is 0.0909. The van der Waals surface area contributed by atoms with Gasteiger partial charge in [0.05, 0.1) is 0 Å². The van der Waals surface area contributed by atoms with Gasteiger partial charge in [0, 0.05) is 30.9 Å². The molecule has 2 aromatic carbocycles. The van der Waals surface area contributed by atoms with Crippen molar-refractivity contribution in [2.24, 2.45) is 0 Å². The Morgan fingerprint density at radius 2 is 1.56 bits per heavy atom. The van der Waals surface area contributed by atoms with Crippen LogP contribution in [0.3, 0.4) is 0 Å². The molecule has 124 valence electrons. The van der Waals surface area contributed by atoms with Crippen LogP contribution in [0.25, 0.3) is 6.08 Å². The molecular formula is C22H20N2O. The quantitative estimate of drug-likeness (QED) is 0.694. The highest BCUT2D eigenvalue weighted by molar-refractivity contribution is 5.91. The average Bonchev–Trinajstić information content (AvgIpc) is 2.69. The molecule has 0 aliphatic heterocycles. The molecule has 1 N–H and O–H groups in total. The van der Waals surface area contributed by atoms with E-state index in [1.807, 2.05) is 48.5 Å². The molecule has 0 unspecified atom stereocenters. The van der Waals surface area contributed by atoms with E-state index < -0.39 is 0 Å². The number of carbonyl (C=O) groups is 1. The Morgan fingerprint density at radius 3 is 2.12 bits per heavy atom. The fourth-order valence-corrected chi connectivity index (χ4v) is 2.71. The van der Waals surface area contributed by atoms with Crippen molar-refractivity contribution in [3.63, 3.8) is 0 Å². The van der Waals surface area contributed by atoms with Crippen molar-refractivity contribution in [3.8, 4) is 0 Å². The molecule has 0 spiro atoms. The van der Waals surface area contributed by atoms with Crippen molar-refractivity contribution in [3.05, 3.63) is 108 Å².